The van der Waals surface area contributed by atoms with E-state index in [0.29, 0.717) is 27.4 Å². The van der Waals surface area contributed by atoms with Gasteiger partial charge in [-0.3, -0.25) is 15.0 Å². The van der Waals surface area contributed by atoms with Gasteiger partial charge in [-0.2, -0.15) is 5.10 Å². The topological polar surface area (TPSA) is 92.3 Å². The van der Waals surface area contributed by atoms with Crippen LogP contribution < -0.4 is 9.64 Å². The number of aromatic amines is 1. The quantitative estimate of drug-likeness (QED) is 0.374. The number of nitrogens with zero attached hydrogens (tertiary/aromatic N) is 6. The molecule has 0 unspecified atom stereocenters. The van der Waals surface area contributed by atoms with Gasteiger partial charge in [0.25, 0.3) is 0 Å². The molecule has 9 nitrogen and oxygen atoms in total. The van der Waals surface area contributed by atoms with Gasteiger partial charge in [-0.25, -0.2) is 9.97 Å². The summed E-state index contributed by atoms with van der Waals surface area (Å²) in [5.41, 5.74) is 3.20. The number of anilines is 1. The zero-order valence-corrected chi connectivity index (χ0v) is 21.9. The lowest BCUT2D eigenvalue weighted by atomic mass is 10.1. The van der Waals surface area contributed by atoms with Gasteiger partial charge in [0.2, 0.25) is 5.95 Å². The highest BCUT2D eigenvalue weighted by Crippen LogP contribution is 2.34. The summed E-state index contributed by atoms with van der Waals surface area (Å²) in [6.45, 7) is 7.54. The number of rotatable bonds is 6. The Morgan fingerprint density at radius 2 is 1.81 bits per heavy atom. The van der Waals surface area contributed by atoms with Gasteiger partial charge in [0.15, 0.2) is 0 Å². The van der Waals surface area contributed by atoms with Crippen LogP contribution in [0.2, 0.25) is 10.0 Å². The molecule has 0 amide bonds. The number of H-pyrrole nitrogens is 1. The Labute approximate surface area is 224 Å². The lowest BCUT2D eigenvalue weighted by Crippen LogP contribution is -2.50. The number of benzene rings is 1. The van der Waals surface area contributed by atoms with E-state index >= 15 is 0 Å². The van der Waals surface area contributed by atoms with Crippen molar-refractivity contribution in [3.05, 3.63) is 58.6 Å². The highest BCUT2D eigenvalue weighted by Gasteiger charge is 2.28. The summed E-state index contributed by atoms with van der Waals surface area (Å²) in [6.07, 6.45) is 7.53. The molecular formula is C26H27Cl2N7O2. The lowest BCUT2D eigenvalue weighted by Gasteiger charge is -2.36. The average Bonchev–Trinajstić information content (AvgIpc) is 3.13. The first-order valence-electron chi connectivity index (χ1n) is 12.4. The van der Waals surface area contributed by atoms with Crippen LogP contribution in [0, 0.1) is 0 Å². The number of pyridine rings is 1. The Morgan fingerprint density at radius 3 is 2.54 bits per heavy atom. The maximum Gasteiger partial charge on any atom is 0.225 e. The van der Waals surface area contributed by atoms with Crippen LogP contribution in [0.25, 0.3) is 22.2 Å². The highest BCUT2D eigenvalue weighted by atomic mass is 35.5. The molecule has 0 saturated carbocycles. The smallest absolute Gasteiger partial charge is 0.225 e. The second-order valence-corrected chi connectivity index (χ2v) is 10.2. The molecule has 11 heteroatoms. The van der Waals surface area contributed by atoms with E-state index in [1.54, 1.807) is 12.4 Å². The van der Waals surface area contributed by atoms with Crippen LogP contribution in [0.3, 0.4) is 0 Å². The molecule has 2 fully saturated rings. The number of halogens is 2. The third-order valence-corrected chi connectivity index (χ3v) is 7.61. The van der Waals surface area contributed by atoms with Crippen molar-refractivity contribution in [1.82, 2.24) is 30.0 Å². The molecule has 6 rings (SSSR count). The molecule has 0 aliphatic carbocycles. The summed E-state index contributed by atoms with van der Waals surface area (Å²) in [7, 11) is 0. The van der Waals surface area contributed by atoms with Crippen molar-refractivity contribution in [3.63, 3.8) is 0 Å². The van der Waals surface area contributed by atoms with E-state index in [0.717, 1.165) is 73.9 Å². The van der Waals surface area contributed by atoms with Crippen molar-refractivity contribution in [2.24, 2.45) is 0 Å². The molecule has 0 spiro atoms. The minimum absolute atomic E-state index is 0.361. The molecule has 1 atom stereocenters. The van der Waals surface area contributed by atoms with Crippen LogP contribution >= 0.6 is 23.2 Å². The van der Waals surface area contributed by atoms with E-state index < -0.39 is 0 Å². The van der Waals surface area contributed by atoms with E-state index in [4.69, 9.17) is 42.6 Å². The molecule has 0 bridgehead atoms. The fourth-order valence-corrected chi connectivity index (χ4v) is 5.57. The minimum Gasteiger partial charge on any atom is -0.486 e. The van der Waals surface area contributed by atoms with Crippen molar-refractivity contribution in [2.45, 2.75) is 25.5 Å². The van der Waals surface area contributed by atoms with Gasteiger partial charge in [-0.15, -0.1) is 0 Å². The van der Waals surface area contributed by atoms with Crippen LogP contribution in [0.5, 0.6) is 5.75 Å². The Balaban J connectivity index is 1.19. The maximum atomic E-state index is 6.31. The molecule has 2 saturated heterocycles. The second kappa shape index (κ2) is 10.4. The van der Waals surface area contributed by atoms with Crippen molar-refractivity contribution >= 4 is 40.1 Å². The summed E-state index contributed by atoms with van der Waals surface area (Å²) >= 11 is 12.6. The van der Waals surface area contributed by atoms with Crippen molar-refractivity contribution in [3.8, 4) is 17.0 Å². The van der Waals surface area contributed by atoms with Crippen LogP contribution in [-0.2, 0) is 4.74 Å². The maximum absolute atomic E-state index is 6.31. The van der Waals surface area contributed by atoms with E-state index in [1.807, 2.05) is 37.5 Å². The monoisotopic (exact) mass is 539 g/mol. The number of hydrogen-bond acceptors (Lipinski definition) is 8. The zero-order chi connectivity index (χ0) is 25.4. The Hall–Kier alpha value is -2.98. The molecule has 1 aromatic carbocycles. The number of hydrogen-bond donors (Lipinski definition) is 1. The summed E-state index contributed by atoms with van der Waals surface area (Å²) in [5, 5.41) is 9.48. The van der Waals surface area contributed by atoms with Gasteiger partial charge >= 0.3 is 0 Å². The fourth-order valence-electron chi connectivity index (χ4n) is 4.90. The molecule has 37 heavy (non-hydrogen) atoms. The van der Waals surface area contributed by atoms with Gasteiger partial charge in [0, 0.05) is 67.5 Å². The number of nitrogens with one attached hydrogen (secondary N) is 1. The minimum atomic E-state index is -0.361. The molecule has 3 aromatic heterocycles. The molecule has 192 valence electrons. The summed E-state index contributed by atoms with van der Waals surface area (Å²) in [4.78, 5) is 18.2. The van der Waals surface area contributed by atoms with Gasteiger partial charge < -0.3 is 14.4 Å². The van der Waals surface area contributed by atoms with Gasteiger partial charge in [-0.1, -0.05) is 23.2 Å². The largest absolute Gasteiger partial charge is 0.486 e. The summed E-state index contributed by atoms with van der Waals surface area (Å²) < 4.78 is 11.6. The van der Waals surface area contributed by atoms with E-state index in [-0.39, 0.29) is 6.10 Å². The molecule has 2 aliphatic heterocycles. The Morgan fingerprint density at radius 1 is 1.03 bits per heavy atom. The van der Waals surface area contributed by atoms with E-state index in [2.05, 4.69) is 25.0 Å². The zero-order valence-electron chi connectivity index (χ0n) is 20.4. The molecule has 1 N–H and O–H groups in total. The lowest BCUT2D eigenvalue weighted by molar-refractivity contribution is -0.0625. The Bertz CT molecular complexity index is 1370. The Kier molecular flexibility index (Phi) is 6.86. The van der Waals surface area contributed by atoms with Crippen molar-refractivity contribution < 1.29 is 9.47 Å². The predicted octanol–water partition coefficient (Wildman–Crippen LogP) is 4.77. The summed E-state index contributed by atoms with van der Waals surface area (Å²) in [6, 6.07) is 6.35. The van der Waals surface area contributed by atoms with Crippen LogP contribution in [0.4, 0.5) is 5.95 Å². The third kappa shape index (κ3) is 4.96. The van der Waals surface area contributed by atoms with Gasteiger partial charge in [0.1, 0.15) is 17.5 Å². The van der Waals surface area contributed by atoms with Gasteiger partial charge in [0.05, 0.1) is 34.8 Å². The number of aromatic nitrogens is 5. The van der Waals surface area contributed by atoms with Crippen LogP contribution in [0.15, 0.2) is 43.0 Å². The van der Waals surface area contributed by atoms with E-state index in [1.165, 1.54) is 0 Å². The normalized spacial score (nSPS) is 18.0. The standard InChI is InChI=1S/C26H27Cl2N7O2/c1-16(24-21(27)12-29-13-22(24)28)37-19-3-4-23-20(9-19)25(33-32-23)17-10-30-26(31-11-17)35-6-2-5-34(7-8-35)18-14-36-15-18/h3-4,9-13,16,18H,2,5-8,14-15H2,1H3,(H,32,33)/t16-/m1/s1. The first-order chi connectivity index (χ1) is 18.1. The van der Waals surface area contributed by atoms with E-state index in [9.17, 15) is 0 Å². The van der Waals surface area contributed by atoms with Gasteiger partial charge in [-0.05, 0) is 31.5 Å². The highest BCUT2D eigenvalue weighted by molar-refractivity contribution is 6.35. The molecule has 2 aliphatic rings. The number of fused-ring (bicyclic) bond motifs is 1. The number of ether oxygens (including phenoxy) is 2. The molecule has 4 aromatic rings. The summed E-state index contributed by atoms with van der Waals surface area (Å²) in [5.74, 6) is 1.43. The molecule has 5 heterocycles. The molecule has 0 radical (unpaired) electrons. The van der Waals surface area contributed by atoms with Crippen molar-refractivity contribution in [1.29, 1.82) is 0 Å². The SMILES string of the molecule is C[C@@H](Oc1ccc2[nH]nc(-c3cnc(N4CCCN(C5COC5)CC4)nc3)c2c1)c1c(Cl)cncc1Cl. The van der Waals surface area contributed by atoms with Crippen LogP contribution in [0.1, 0.15) is 25.0 Å². The predicted molar refractivity (Wildman–Crippen MR) is 143 cm³/mol. The average molecular weight is 540 g/mol. The van der Waals surface area contributed by atoms with Crippen LogP contribution in [-0.4, -0.2) is 75.5 Å². The first-order valence-corrected chi connectivity index (χ1v) is 13.2. The first kappa shape index (κ1) is 24.4. The third-order valence-electron chi connectivity index (χ3n) is 7.01. The second-order valence-electron chi connectivity index (χ2n) is 9.40. The fraction of sp³-hybridized carbons (Fsp3) is 0.385. The molecular weight excluding hydrogens is 513 g/mol. The van der Waals surface area contributed by atoms with Crippen molar-refractivity contribution in [2.75, 3.05) is 44.3 Å².